The number of rotatable bonds is 15. The van der Waals surface area contributed by atoms with Gasteiger partial charge in [-0.1, -0.05) is 58.3 Å². The zero-order chi connectivity index (χ0) is 16.8. The number of aliphatic carboxylic acids is 1. The smallest absolute Gasteiger partial charge is 0.329 e. The Balaban J connectivity index is 1.97. The lowest BCUT2D eigenvalue weighted by Crippen LogP contribution is -2.31. The molecule has 1 aliphatic heterocycles. The maximum atomic E-state index is 10.4. The van der Waals surface area contributed by atoms with Crippen molar-refractivity contribution in [3.05, 3.63) is 0 Å². The van der Waals surface area contributed by atoms with E-state index in [2.05, 4.69) is 16.8 Å². The molecule has 23 heavy (non-hydrogen) atoms. The van der Waals surface area contributed by atoms with E-state index in [0.717, 1.165) is 26.1 Å². The molecule has 0 aromatic rings. The summed E-state index contributed by atoms with van der Waals surface area (Å²) in [5.74, 6) is 0.280. The fourth-order valence-corrected chi connectivity index (χ4v) is 2.93. The van der Waals surface area contributed by atoms with Crippen LogP contribution in [0.5, 0.6) is 0 Å². The highest BCUT2D eigenvalue weighted by atomic mass is 16.5. The minimum atomic E-state index is -0.907. The van der Waals surface area contributed by atoms with Crippen LogP contribution in [0.4, 0.5) is 0 Å². The lowest BCUT2D eigenvalue weighted by Gasteiger charge is -2.20. The van der Waals surface area contributed by atoms with Crippen LogP contribution in [0.3, 0.4) is 0 Å². The van der Waals surface area contributed by atoms with Crippen molar-refractivity contribution >= 4 is 11.8 Å². The Morgan fingerprint density at radius 3 is 2.43 bits per heavy atom. The Hall–Kier alpha value is -1.10. The third-order valence-corrected chi connectivity index (χ3v) is 4.26. The Morgan fingerprint density at radius 1 is 1.13 bits per heavy atom. The number of amidine groups is 1. The fraction of sp³-hybridized carbons (Fsp3) is 0.889. The number of carboxylic acids is 1. The van der Waals surface area contributed by atoms with Crippen LogP contribution in [0.1, 0.15) is 71.1 Å². The molecule has 0 aromatic carbocycles. The first-order valence-corrected chi connectivity index (χ1v) is 9.32. The van der Waals surface area contributed by atoms with Gasteiger partial charge in [0.1, 0.15) is 6.61 Å². The number of hydrogen-bond donors (Lipinski definition) is 1. The van der Waals surface area contributed by atoms with Crippen molar-refractivity contribution in [1.29, 1.82) is 0 Å². The highest BCUT2D eigenvalue weighted by Crippen LogP contribution is 2.13. The molecule has 0 radical (unpaired) electrons. The normalized spacial score (nSPS) is 14.3. The molecule has 134 valence electrons. The maximum absolute atomic E-state index is 10.4. The first-order valence-electron chi connectivity index (χ1n) is 9.32. The Bertz CT molecular complexity index is 345. The molecule has 0 unspecified atom stereocenters. The van der Waals surface area contributed by atoms with E-state index >= 15 is 0 Å². The highest BCUT2D eigenvalue weighted by molar-refractivity contribution is 5.83. The second-order valence-electron chi connectivity index (χ2n) is 6.31. The van der Waals surface area contributed by atoms with Gasteiger partial charge in [0.2, 0.25) is 0 Å². The van der Waals surface area contributed by atoms with Crippen molar-refractivity contribution in [2.24, 2.45) is 4.99 Å². The summed E-state index contributed by atoms with van der Waals surface area (Å²) in [4.78, 5) is 17.2. The lowest BCUT2D eigenvalue weighted by molar-refractivity contribution is -0.142. The number of unbranched alkanes of at least 4 members (excludes halogenated alkanes) is 8. The monoisotopic (exact) mass is 326 g/mol. The summed E-state index contributed by atoms with van der Waals surface area (Å²) in [5, 5.41) is 8.54. The summed E-state index contributed by atoms with van der Waals surface area (Å²) in [5.41, 5.74) is 0. The zero-order valence-electron chi connectivity index (χ0n) is 14.8. The van der Waals surface area contributed by atoms with Crippen LogP contribution in [-0.4, -0.2) is 54.7 Å². The van der Waals surface area contributed by atoms with Crippen molar-refractivity contribution in [1.82, 2.24) is 4.90 Å². The van der Waals surface area contributed by atoms with Crippen molar-refractivity contribution in [3.63, 3.8) is 0 Å². The predicted octanol–water partition coefficient (Wildman–Crippen LogP) is 3.72. The lowest BCUT2D eigenvalue weighted by atomic mass is 10.1. The van der Waals surface area contributed by atoms with Crippen LogP contribution >= 0.6 is 0 Å². The summed E-state index contributed by atoms with van der Waals surface area (Å²) < 4.78 is 5.11. The summed E-state index contributed by atoms with van der Waals surface area (Å²) in [6.45, 7) is 5.08. The average Bonchev–Trinajstić information content (AvgIpc) is 2.97. The van der Waals surface area contributed by atoms with Gasteiger partial charge in [-0.2, -0.15) is 0 Å². The molecule has 1 aliphatic rings. The molecule has 0 aromatic heterocycles. The van der Waals surface area contributed by atoms with E-state index in [1.54, 1.807) is 0 Å². The molecule has 0 fully saturated rings. The molecule has 1 rings (SSSR count). The molecule has 0 saturated heterocycles. The Labute approximate surface area is 141 Å². The van der Waals surface area contributed by atoms with Gasteiger partial charge in [0.05, 0.1) is 19.0 Å². The molecule has 0 atom stereocenters. The number of ether oxygens (including phenoxy) is 1. The molecule has 1 N–H and O–H groups in total. The zero-order valence-corrected chi connectivity index (χ0v) is 14.8. The topological polar surface area (TPSA) is 62.1 Å². The van der Waals surface area contributed by atoms with Gasteiger partial charge in [-0.25, -0.2) is 4.79 Å². The number of carboxylic acid groups (broad SMARTS) is 1. The number of carbonyl (C=O) groups is 1. The summed E-state index contributed by atoms with van der Waals surface area (Å²) in [6, 6.07) is 0. The second kappa shape index (κ2) is 13.3. The first-order chi connectivity index (χ1) is 11.2. The predicted molar refractivity (Wildman–Crippen MR) is 94.2 cm³/mol. The molecule has 5 nitrogen and oxygen atoms in total. The van der Waals surface area contributed by atoms with Crippen LogP contribution in [0.2, 0.25) is 0 Å². The van der Waals surface area contributed by atoms with Crippen molar-refractivity contribution in [3.8, 4) is 0 Å². The fourth-order valence-electron chi connectivity index (χ4n) is 2.93. The Kier molecular flexibility index (Phi) is 11.6. The van der Waals surface area contributed by atoms with E-state index in [9.17, 15) is 4.79 Å². The largest absolute Gasteiger partial charge is 0.480 e. The molecule has 0 bridgehead atoms. The standard InChI is InChI=1S/C18H34N2O3/c1-2-3-4-5-6-7-8-9-10-11-17-19-12-13-20(17)14-15-23-16-18(21)22/h2-16H2,1H3,(H,21,22). The van der Waals surface area contributed by atoms with Crippen LogP contribution in [0, 0.1) is 0 Å². The van der Waals surface area contributed by atoms with Crippen LogP contribution < -0.4 is 0 Å². The number of aliphatic imine (C=N–C) groups is 1. The highest BCUT2D eigenvalue weighted by Gasteiger charge is 2.15. The molecular weight excluding hydrogens is 292 g/mol. The van der Waals surface area contributed by atoms with E-state index in [1.807, 2.05) is 0 Å². The molecule has 0 amide bonds. The van der Waals surface area contributed by atoms with E-state index < -0.39 is 5.97 Å². The van der Waals surface area contributed by atoms with E-state index in [0.29, 0.717) is 6.61 Å². The van der Waals surface area contributed by atoms with Gasteiger partial charge in [0.15, 0.2) is 0 Å². The molecule has 0 spiro atoms. The van der Waals surface area contributed by atoms with Crippen LogP contribution in [0.25, 0.3) is 0 Å². The quantitative estimate of drug-likeness (QED) is 0.466. The minimum Gasteiger partial charge on any atom is -0.480 e. The van der Waals surface area contributed by atoms with Gasteiger partial charge in [-0.3, -0.25) is 4.99 Å². The summed E-state index contributed by atoms with van der Waals surface area (Å²) >= 11 is 0. The van der Waals surface area contributed by atoms with Gasteiger partial charge in [0, 0.05) is 19.5 Å². The molecule has 5 heteroatoms. The SMILES string of the molecule is CCCCCCCCCCCC1=NCCN1CCOCC(=O)O. The van der Waals surface area contributed by atoms with Crippen molar-refractivity contribution < 1.29 is 14.6 Å². The van der Waals surface area contributed by atoms with Crippen molar-refractivity contribution in [2.45, 2.75) is 71.1 Å². The molecule has 1 heterocycles. The van der Waals surface area contributed by atoms with E-state index in [1.165, 1.54) is 63.6 Å². The molecule has 0 saturated carbocycles. The average molecular weight is 326 g/mol. The third kappa shape index (κ3) is 10.3. The third-order valence-electron chi connectivity index (χ3n) is 4.26. The van der Waals surface area contributed by atoms with Gasteiger partial charge < -0.3 is 14.7 Å². The first kappa shape index (κ1) is 19.9. The van der Waals surface area contributed by atoms with Gasteiger partial charge in [0.25, 0.3) is 0 Å². The summed E-state index contributed by atoms with van der Waals surface area (Å²) in [6.07, 6.45) is 13.1. The summed E-state index contributed by atoms with van der Waals surface area (Å²) in [7, 11) is 0. The molecule has 0 aliphatic carbocycles. The second-order valence-corrected chi connectivity index (χ2v) is 6.31. The van der Waals surface area contributed by atoms with Gasteiger partial charge in [-0.05, 0) is 6.42 Å². The number of nitrogens with zero attached hydrogens (tertiary/aromatic N) is 2. The Morgan fingerprint density at radius 2 is 1.78 bits per heavy atom. The van der Waals surface area contributed by atoms with Crippen LogP contribution in [-0.2, 0) is 9.53 Å². The van der Waals surface area contributed by atoms with E-state index in [4.69, 9.17) is 9.84 Å². The molecular formula is C18H34N2O3. The number of hydrogen-bond acceptors (Lipinski definition) is 4. The van der Waals surface area contributed by atoms with E-state index in [-0.39, 0.29) is 6.61 Å². The van der Waals surface area contributed by atoms with Gasteiger partial charge >= 0.3 is 5.97 Å². The van der Waals surface area contributed by atoms with Crippen molar-refractivity contribution in [2.75, 3.05) is 32.8 Å². The maximum Gasteiger partial charge on any atom is 0.329 e. The van der Waals surface area contributed by atoms with Gasteiger partial charge in [-0.15, -0.1) is 0 Å². The minimum absolute atomic E-state index is 0.210. The van der Waals surface area contributed by atoms with Crippen LogP contribution in [0.15, 0.2) is 4.99 Å².